The molecule has 0 fully saturated rings. The number of pyridine rings is 2. The number of nitrogens with zero attached hydrogens (tertiary/aromatic N) is 2. The zero-order valence-electron chi connectivity index (χ0n) is 12.8. The summed E-state index contributed by atoms with van der Waals surface area (Å²) in [5.41, 5.74) is 5.16. The van der Waals surface area contributed by atoms with Gasteiger partial charge < -0.3 is 0 Å². The molecule has 0 bridgehead atoms. The Hall–Kier alpha value is -2.39. The Morgan fingerprint density at radius 2 is 1.83 bits per heavy atom. The lowest BCUT2D eigenvalue weighted by molar-refractivity contribution is -0.655. The second kappa shape index (κ2) is 4.80. The minimum absolute atomic E-state index is 0.965. The number of aromatic nitrogens is 2. The lowest BCUT2D eigenvalue weighted by Gasteiger charge is -2.18. The van der Waals surface area contributed by atoms with E-state index in [0.29, 0.717) is 0 Å². The van der Waals surface area contributed by atoms with E-state index in [1.54, 1.807) is 0 Å². The van der Waals surface area contributed by atoms with Gasteiger partial charge in [-0.3, -0.25) is 4.98 Å². The third kappa shape index (κ3) is 1.83. The Bertz CT molecular complexity index is 1070. The molecule has 0 saturated carbocycles. The van der Waals surface area contributed by atoms with Gasteiger partial charge in [-0.15, -0.1) is 0 Å². The number of benzene rings is 2. The molecule has 110 valence electrons. The predicted octanol–water partition coefficient (Wildman–Crippen LogP) is 4.71. The van der Waals surface area contributed by atoms with Crippen LogP contribution in [0, 0.1) is 6.92 Å². The molecule has 2 aromatic heterocycles. The average Bonchev–Trinajstić information content (AvgIpc) is 2.62. The molecule has 1 aliphatic heterocycles. The van der Waals surface area contributed by atoms with Gasteiger partial charge in [-0.25, -0.2) is 0 Å². The van der Waals surface area contributed by atoms with Crippen LogP contribution in [-0.4, -0.2) is 4.98 Å². The van der Waals surface area contributed by atoms with Crippen molar-refractivity contribution < 1.29 is 4.57 Å². The highest BCUT2D eigenvalue weighted by atomic mass is 32.2. The third-order valence-corrected chi connectivity index (χ3v) is 5.75. The standard InChI is InChI=1S/C20H15N2S/c1-13-4-5-15-7-6-14-8-9-17(16-3-2-10-21-11-16)20-18(14)19(15)22(13)12-23-20/h2-11H,12H2,1H3/q+1. The summed E-state index contributed by atoms with van der Waals surface area (Å²) in [4.78, 5) is 5.68. The molecule has 0 spiro atoms. The van der Waals surface area contributed by atoms with Gasteiger partial charge in [-0.05, 0) is 29.1 Å². The predicted molar refractivity (Wildman–Crippen MR) is 95.5 cm³/mol. The van der Waals surface area contributed by atoms with Crippen LogP contribution in [0.1, 0.15) is 5.69 Å². The molecule has 0 N–H and O–H groups in total. The summed E-state index contributed by atoms with van der Waals surface area (Å²) in [7, 11) is 0. The topological polar surface area (TPSA) is 16.8 Å². The number of rotatable bonds is 1. The maximum Gasteiger partial charge on any atom is 0.222 e. The molecule has 3 heterocycles. The molecule has 2 aromatic carbocycles. The summed E-state index contributed by atoms with van der Waals surface area (Å²) in [6.45, 7) is 2.19. The second-order valence-corrected chi connectivity index (χ2v) is 6.92. The summed E-state index contributed by atoms with van der Waals surface area (Å²) in [6.07, 6.45) is 3.78. The Morgan fingerprint density at radius 3 is 2.70 bits per heavy atom. The number of hydrogen-bond donors (Lipinski definition) is 0. The van der Waals surface area contributed by atoms with E-state index in [-0.39, 0.29) is 0 Å². The van der Waals surface area contributed by atoms with Gasteiger partial charge in [0, 0.05) is 41.2 Å². The van der Waals surface area contributed by atoms with Crippen molar-refractivity contribution in [3.05, 3.63) is 66.6 Å². The van der Waals surface area contributed by atoms with E-state index in [2.05, 4.69) is 58.9 Å². The summed E-state index contributed by atoms with van der Waals surface area (Å²) in [5.74, 6) is 0.965. The lowest BCUT2D eigenvalue weighted by atomic mass is 9.99. The van der Waals surface area contributed by atoms with E-state index in [0.717, 1.165) is 5.88 Å². The second-order valence-electron chi connectivity index (χ2n) is 5.96. The first-order chi connectivity index (χ1) is 11.3. The Kier molecular flexibility index (Phi) is 2.73. The highest BCUT2D eigenvalue weighted by Crippen LogP contribution is 2.42. The molecule has 0 amide bonds. The molecule has 0 radical (unpaired) electrons. The average molecular weight is 315 g/mol. The van der Waals surface area contributed by atoms with Gasteiger partial charge in [0.25, 0.3) is 0 Å². The lowest BCUT2D eigenvalue weighted by Crippen LogP contribution is -2.38. The van der Waals surface area contributed by atoms with Crippen molar-refractivity contribution in [2.24, 2.45) is 0 Å². The quantitative estimate of drug-likeness (QED) is 0.373. The molecular weight excluding hydrogens is 300 g/mol. The van der Waals surface area contributed by atoms with E-state index in [1.165, 1.54) is 43.4 Å². The van der Waals surface area contributed by atoms with E-state index in [4.69, 9.17) is 0 Å². The fraction of sp³-hybridized carbons (Fsp3) is 0.100. The van der Waals surface area contributed by atoms with Crippen molar-refractivity contribution >= 4 is 33.4 Å². The van der Waals surface area contributed by atoms with E-state index in [9.17, 15) is 0 Å². The van der Waals surface area contributed by atoms with Crippen LogP contribution in [0.2, 0.25) is 0 Å². The first kappa shape index (κ1) is 13.1. The Labute approximate surface area is 138 Å². The van der Waals surface area contributed by atoms with Crippen LogP contribution in [0.5, 0.6) is 0 Å². The molecular formula is C20H15N2S+. The van der Waals surface area contributed by atoms with Crippen LogP contribution in [0.15, 0.2) is 65.8 Å². The SMILES string of the molecule is Cc1ccc2ccc3ccc(-c4cccnc4)c4c3c2[n+]1CS4. The van der Waals surface area contributed by atoms with Gasteiger partial charge in [0.05, 0.1) is 5.39 Å². The molecule has 4 aromatic rings. The van der Waals surface area contributed by atoms with Gasteiger partial charge in [0.2, 0.25) is 5.52 Å². The van der Waals surface area contributed by atoms with Crippen molar-refractivity contribution in [3.8, 4) is 11.1 Å². The van der Waals surface area contributed by atoms with Crippen LogP contribution in [0.25, 0.3) is 32.8 Å². The Morgan fingerprint density at radius 1 is 1.00 bits per heavy atom. The fourth-order valence-electron chi connectivity index (χ4n) is 3.48. The summed E-state index contributed by atoms with van der Waals surface area (Å²) < 4.78 is 2.43. The van der Waals surface area contributed by atoms with Gasteiger partial charge in [-0.1, -0.05) is 36.0 Å². The molecule has 2 nitrogen and oxygen atoms in total. The monoisotopic (exact) mass is 315 g/mol. The third-order valence-electron chi connectivity index (χ3n) is 4.65. The first-order valence-electron chi connectivity index (χ1n) is 7.75. The van der Waals surface area contributed by atoms with Crippen LogP contribution in [-0.2, 0) is 5.88 Å². The minimum atomic E-state index is 0.965. The van der Waals surface area contributed by atoms with E-state index < -0.39 is 0 Å². The number of thioether (sulfide) groups is 1. The summed E-state index contributed by atoms with van der Waals surface area (Å²) in [6, 6.07) is 17.5. The number of hydrogen-bond acceptors (Lipinski definition) is 2. The number of aryl methyl sites for hydroxylation is 1. The van der Waals surface area contributed by atoms with Crippen molar-refractivity contribution in [2.75, 3.05) is 0 Å². The smallest absolute Gasteiger partial charge is 0.222 e. The van der Waals surface area contributed by atoms with Gasteiger partial charge >= 0.3 is 0 Å². The largest absolute Gasteiger partial charge is 0.264 e. The molecule has 0 unspecified atom stereocenters. The highest BCUT2D eigenvalue weighted by molar-refractivity contribution is 7.98. The maximum atomic E-state index is 4.29. The van der Waals surface area contributed by atoms with Gasteiger partial charge in [0.1, 0.15) is 0 Å². The molecule has 0 aliphatic carbocycles. The molecule has 5 rings (SSSR count). The van der Waals surface area contributed by atoms with Crippen molar-refractivity contribution in [2.45, 2.75) is 17.7 Å². The summed E-state index contributed by atoms with van der Waals surface area (Å²) >= 11 is 1.93. The molecule has 0 atom stereocenters. The Balaban J connectivity index is 1.98. The normalized spacial score (nSPS) is 13.1. The first-order valence-corrected chi connectivity index (χ1v) is 8.73. The van der Waals surface area contributed by atoms with Crippen LogP contribution >= 0.6 is 11.8 Å². The molecule has 3 heteroatoms. The fourth-order valence-corrected chi connectivity index (χ4v) is 4.77. The van der Waals surface area contributed by atoms with Crippen LogP contribution in [0.3, 0.4) is 0 Å². The van der Waals surface area contributed by atoms with Crippen molar-refractivity contribution in [1.82, 2.24) is 4.98 Å². The molecule has 1 aliphatic rings. The molecule has 23 heavy (non-hydrogen) atoms. The van der Waals surface area contributed by atoms with Crippen LogP contribution < -0.4 is 4.57 Å². The van der Waals surface area contributed by atoms with E-state index >= 15 is 0 Å². The van der Waals surface area contributed by atoms with Crippen LogP contribution in [0.4, 0.5) is 0 Å². The minimum Gasteiger partial charge on any atom is -0.264 e. The highest BCUT2D eigenvalue weighted by Gasteiger charge is 2.25. The van der Waals surface area contributed by atoms with Crippen molar-refractivity contribution in [3.63, 3.8) is 0 Å². The van der Waals surface area contributed by atoms with E-state index in [1.807, 2.05) is 30.2 Å². The molecule has 0 saturated heterocycles. The van der Waals surface area contributed by atoms with Gasteiger partial charge in [-0.2, -0.15) is 4.57 Å². The maximum absolute atomic E-state index is 4.29. The zero-order valence-corrected chi connectivity index (χ0v) is 13.6. The van der Waals surface area contributed by atoms with Crippen molar-refractivity contribution in [1.29, 1.82) is 0 Å². The summed E-state index contributed by atoms with van der Waals surface area (Å²) in [5, 5.41) is 4.00. The zero-order chi connectivity index (χ0) is 15.4. The van der Waals surface area contributed by atoms with Gasteiger partial charge in [0.15, 0.2) is 11.6 Å².